The molecule has 1 aromatic heterocycles. The van der Waals surface area contributed by atoms with Crippen LogP contribution in [0.15, 0.2) is 84.0 Å². The van der Waals surface area contributed by atoms with Gasteiger partial charge >= 0.3 is 5.97 Å². The Labute approximate surface area is 301 Å². The van der Waals surface area contributed by atoms with E-state index in [9.17, 15) is 9.59 Å². The fourth-order valence-electron chi connectivity index (χ4n) is 7.70. The summed E-state index contributed by atoms with van der Waals surface area (Å²) in [6, 6.07) is 26.7. The monoisotopic (exact) mass is 680 g/mol. The van der Waals surface area contributed by atoms with Crippen molar-refractivity contribution in [2.45, 2.75) is 80.7 Å². The van der Waals surface area contributed by atoms with Gasteiger partial charge in [0.05, 0.1) is 12.6 Å². The SMILES string of the molecule is CCCCC(CC)Cn1c2ccc(/C(=N\OC(C)=O)c3ccccc3C)cc2c2cc(C(=O)c3c(C)cc(C)cc3C)c3cc(OC)ccc3c21. The Hall–Kier alpha value is -5.23. The van der Waals surface area contributed by atoms with Crippen LogP contribution in [0.2, 0.25) is 0 Å². The standard InChI is InChI=1S/C45H48N2O4/c1-9-11-15-32(10-2)26-47-41-20-17-33(43(46-51-31(7)48)35-16-13-12-14-28(35)4)23-38(41)39-25-40(37-24-34(50-8)18-19-36(37)44(39)47)45(49)42-29(5)21-27(3)22-30(42)6/h12-14,16-25,32H,9-11,15,26H2,1-8H3/b46-43+. The normalized spacial score (nSPS) is 12.5. The number of hydrogen-bond acceptors (Lipinski definition) is 5. The van der Waals surface area contributed by atoms with Crippen molar-refractivity contribution >= 4 is 50.0 Å². The number of aromatic nitrogens is 1. The molecule has 0 spiro atoms. The molecule has 0 bridgehead atoms. The summed E-state index contributed by atoms with van der Waals surface area (Å²) in [6.07, 6.45) is 4.55. The molecule has 6 rings (SSSR count). The van der Waals surface area contributed by atoms with Crippen LogP contribution in [0.25, 0.3) is 32.6 Å². The van der Waals surface area contributed by atoms with E-state index < -0.39 is 5.97 Å². The molecule has 0 fully saturated rings. The zero-order valence-electron chi connectivity index (χ0n) is 31.1. The van der Waals surface area contributed by atoms with Crippen molar-refractivity contribution < 1.29 is 19.2 Å². The second-order valence-electron chi connectivity index (χ2n) is 13.9. The number of carbonyl (C=O) groups is 2. The summed E-state index contributed by atoms with van der Waals surface area (Å²) in [6.45, 7) is 14.9. The topological polar surface area (TPSA) is 69.9 Å². The maximum atomic E-state index is 14.8. The van der Waals surface area contributed by atoms with Crippen LogP contribution >= 0.6 is 0 Å². The molecular formula is C45H48N2O4. The Morgan fingerprint density at radius 3 is 2.20 bits per heavy atom. The van der Waals surface area contributed by atoms with Crippen LogP contribution in [0.4, 0.5) is 0 Å². The molecule has 1 heterocycles. The van der Waals surface area contributed by atoms with Crippen molar-refractivity contribution in [1.82, 2.24) is 4.57 Å². The molecule has 0 saturated carbocycles. The molecule has 0 amide bonds. The van der Waals surface area contributed by atoms with E-state index in [0.717, 1.165) is 97.3 Å². The Morgan fingerprint density at radius 2 is 1.53 bits per heavy atom. The van der Waals surface area contributed by atoms with Gasteiger partial charge in [-0.2, -0.15) is 0 Å². The Bertz CT molecular complexity index is 2300. The highest BCUT2D eigenvalue weighted by Gasteiger charge is 2.24. The number of ether oxygens (including phenoxy) is 1. The van der Waals surface area contributed by atoms with Gasteiger partial charge in [-0.25, -0.2) is 4.79 Å². The molecule has 262 valence electrons. The van der Waals surface area contributed by atoms with E-state index in [1.807, 2.05) is 57.2 Å². The number of benzene rings is 5. The lowest BCUT2D eigenvalue weighted by Gasteiger charge is -2.19. The van der Waals surface area contributed by atoms with E-state index in [0.29, 0.717) is 22.9 Å². The highest BCUT2D eigenvalue weighted by molar-refractivity contribution is 6.27. The highest BCUT2D eigenvalue weighted by Crippen LogP contribution is 2.40. The molecule has 0 N–H and O–H groups in total. The Morgan fingerprint density at radius 1 is 0.784 bits per heavy atom. The van der Waals surface area contributed by atoms with Gasteiger partial charge in [-0.3, -0.25) is 4.79 Å². The quantitative estimate of drug-likeness (QED) is 0.0558. The zero-order chi connectivity index (χ0) is 36.4. The van der Waals surface area contributed by atoms with Gasteiger partial charge in [0.1, 0.15) is 11.5 Å². The minimum absolute atomic E-state index is 0.00592. The summed E-state index contributed by atoms with van der Waals surface area (Å²) in [7, 11) is 1.66. The van der Waals surface area contributed by atoms with Crippen LogP contribution in [0, 0.1) is 33.6 Å². The first-order valence-corrected chi connectivity index (χ1v) is 18.1. The van der Waals surface area contributed by atoms with Gasteiger partial charge in [0, 0.05) is 57.4 Å². The molecule has 6 aromatic rings. The average Bonchev–Trinajstić information content (AvgIpc) is 3.41. The van der Waals surface area contributed by atoms with Crippen molar-refractivity contribution in [3.63, 3.8) is 0 Å². The van der Waals surface area contributed by atoms with Crippen molar-refractivity contribution in [3.8, 4) is 5.75 Å². The number of methoxy groups -OCH3 is 1. The number of nitrogens with zero attached hydrogens (tertiary/aromatic N) is 2. The number of aryl methyl sites for hydroxylation is 4. The average molecular weight is 681 g/mol. The van der Waals surface area contributed by atoms with Gasteiger partial charge in [-0.15, -0.1) is 0 Å². The van der Waals surface area contributed by atoms with E-state index >= 15 is 0 Å². The Balaban J connectivity index is 1.71. The molecule has 51 heavy (non-hydrogen) atoms. The molecule has 0 aliphatic rings. The van der Waals surface area contributed by atoms with E-state index in [1.54, 1.807) is 7.11 Å². The fourth-order valence-corrected chi connectivity index (χ4v) is 7.70. The highest BCUT2D eigenvalue weighted by atomic mass is 16.7. The third-order valence-electron chi connectivity index (χ3n) is 10.2. The first-order valence-electron chi connectivity index (χ1n) is 18.1. The molecular weight excluding hydrogens is 633 g/mol. The summed E-state index contributed by atoms with van der Waals surface area (Å²) >= 11 is 0. The van der Waals surface area contributed by atoms with Gasteiger partial charge in [-0.05, 0) is 98.5 Å². The van der Waals surface area contributed by atoms with Gasteiger partial charge in [-0.1, -0.05) is 86.3 Å². The van der Waals surface area contributed by atoms with Crippen LogP contribution in [-0.4, -0.2) is 29.1 Å². The molecule has 0 radical (unpaired) electrons. The number of fused-ring (bicyclic) bond motifs is 5. The summed E-state index contributed by atoms with van der Waals surface area (Å²) < 4.78 is 8.18. The number of carbonyl (C=O) groups excluding carboxylic acids is 2. The van der Waals surface area contributed by atoms with Gasteiger partial charge in [0.25, 0.3) is 0 Å². The molecule has 1 atom stereocenters. The second-order valence-corrected chi connectivity index (χ2v) is 13.9. The van der Waals surface area contributed by atoms with Crippen LogP contribution in [0.3, 0.4) is 0 Å². The van der Waals surface area contributed by atoms with Gasteiger partial charge in [0.15, 0.2) is 5.78 Å². The molecule has 1 unspecified atom stereocenters. The predicted molar refractivity (Wildman–Crippen MR) is 209 cm³/mol. The Kier molecular flexibility index (Phi) is 10.4. The largest absolute Gasteiger partial charge is 0.497 e. The minimum atomic E-state index is -0.483. The molecule has 0 saturated heterocycles. The number of unbranched alkanes of at least 4 members (excludes halogenated alkanes) is 1. The molecule has 0 aliphatic heterocycles. The maximum absolute atomic E-state index is 14.8. The maximum Gasteiger partial charge on any atom is 0.332 e. The fraction of sp³-hybridized carbons (Fsp3) is 0.311. The minimum Gasteiger partial charge on any atom is -0.497 e. The third-order valence-corrected chi connectivity index (χ3v) is 10.2. The lowest BCUT2D eigenvalue weighted by molar-refractivity contribution is -0.140. The van der Waals surface area contributed by atoms with Crippen molar-refractivity contribution in [1.29, 1.82) is 0 Å². The molecule has 5 aromatic carbocycles. The van der Waals surface area contributed by atoms with Crippen LogP contribution in [-0.2, 0) is 16.2 Å². The third kappa shape index (κ3) is 6.92. The number of rotatable bonds is 12. The second kappa shape index (κ2) is 14.9. The zero-order valence-corrected chi connectivity index (χ0v) is 31.1. The van der Waals surface area contributed by atoms with Crippen molar-refractivity contribution in [3.05, 3.63) is 123 Å². The first kappa shape index (κ1) is 35.6. The van der Waals surface area contributed by atoms with E-state index in [4.69, 9.17) is 9.57 Å². The summed E-state index contributed by atoms with van der Waals surface area (Å²) in [4.78, 5) is 32.0. The van der Waals surface area contributed by atoms with Crippen LogP contribution < -0.4 is 4.74 Å². The summed E-state index contributed by atoms with van der Waals surface area (Å²) in [5, 5.41) is 8.28. The molecule has 6 nitrogen and oxygen atoms in total. The van der Waals surface area contributed by atoms with Gasteiger partial charge < -0.3 is 14.1 Å². The van der Waals surface area contributed by atoms with E-state index in [1.165, 1.54) is 13.3 Å². The van der Waals surface area contributed by atoms with Crippen molar-refractivity contribution in [2.24, 2.45) is 11.1 Å². The van der Waals surface area contributed by atoms with Crippen LogP contribution in [0.5, 0.6) is 5.75 Å². The predicted octanol–water partition coefficient (Wildman–Crippen LogP) is 11.0. The number of oxime groups is 1. The van der Waals surface area contributed by atoms with Gasteiger partial charge in [0.2, 0.25) is 0 Å². The van der Waals surface area contributed by atoms with Crippen molar-refractivity contribution in [2.75, 3.05) is 7.11 Å². The smallest absolute Gasteiger partial charge is 0.332 e. The lowest BCUT2D eigenvalue weighted by Crippen LogP contribution is -2.11. The van der Waals surface area contributed by atoms with Crippen LogP contribution in [0.1, 0.15) is 95.8 Å². The van der Waals surface area contributed by atoms with E-state index in [-0.39, 0.29) is 5.78 Å². The molecule has 6 heteroatoms. The number of ketones is 1. The first-order chi connectivity index (χ1) is 24.6. The summed E-state index contributed by atoms with van der Waals surface area (Å²) in [5.74, 6) is 0.706. The lowest BCUT2D eigenvalue weighted by atomic mass is 9.89. The summed E-state index contributed by atoms with van der Waals surface area (Å²) in [5.41, 5.74) is 9.91. The van der Waals surface area contributed by atoms with E-state index in [2.05, 4.69) is 73.0 Å². The molecule has 0 aliphatic carbocycles. The number of hydrogen-bond donors (Lipinski definition) is 0.